The second-order valence-corrected chi connectivity index (χ2v) is 8.11. The van der Waals surface area contributed by atoms with E-state index in [1.807, 2.05) is 25.1 Å². The highest BCUT2D eigenvalue weighted by Crippen LogP contribution is 2.39. The van der Waals surface area contributed by atoms with E-state index in [9.17, 15) is 4.79 Å². The molecule has 3 nitrogen and oxygen atoms in total. The number of aryl methyl sites for hydroxylation is 1. The molecule has 3 heteroatoms. The summed E-state index contributed by atoms with van der Waals surface area (Å²) in [6.07, 6.45) is 5.69. The van der Waals surface area contributed by atoms with Crippen molar-refractivity contribution in [3.05, 3.63) is 65.2 Å². The number of hydrogen-bond donors (Lipinski definition) is 0. The summed E-state index contributed by atoms with van der Waals surface area (Å²) in [6, 6.07) is 17.7. The van der Waals surface area contributed by atoms with Crippen molar-refractivity contribution in [2.24, 2.45) is 5.92 Å². The molecular formula is C24H29NO2. The van der Waals surface area contributed by atoms with Gasteiger partial charge < -0.3 is 4.74 Å². The highest BCUT2D eigenvalue weighted by atomic mass is 16.5. The van der Waals surface area contributed by atoms with Crippen LogP contribution in [0.2, 0.25) is 0 Å². The van der Waals surface area contributed by atoms with Crippen LogP contribution >= 0.6 is 0 Å². The number of Topliss-reactive ketones (excluding diaryl/α,β-unsaturated/α-hetero) is 1. The van der Waals surface area contributed by atoms with Crippen LogP contribution in [-0.2, 0) is 6.54 Å². The Morgan fingerprint density at radius 2 is 1.78 bits per heavy atom. The zero-order valence-electron chi connectivity index (χ0n) is 16.4. The van der Waals surface area contributed by atoms with Crippen LogP contribution in [0.15, 0.2) is 48.5 Å². The minimum absolute atomic E-state index is 0.139. The fourth-order valence-electron chi connectivity index (χ4n) is 4.95. The molecule has 2 unspecified atom stereocenters. The maximum Gasteiger partial charge on any atom is 0.166 e. The highest BCUT2D eigenvalue weighted by molar-refractivity contribution is 5.98. The summed E-state index contributed by atoms with van der Waals surface area (Å²) < 4.78 is 5.42. The monoisotopic (exact) mass is 363 g/mol. The van der Waals surface area contributed by atoms with E-state index in [0.29, 0.717) is 17.9 Å². The predicted octanol–water partition coefficient (Wildman–Crippen LogP) is 5.02. The Morgan fingerprint density at radius 1 is 1.07 bits per heavy atom. The van der Waals surface area contributed by atoms with E-state index >= 15 is 0 Å². The van der Waals surface area contributed by atoms with Crippen LogP contribution < -0.4 is 4.74 Å². The third kappa shape index (κ3) is 3.79. The Bertz CT molecular complexity index is 787. The number of piperidine rings is 2. The van der Waals surface area contributed by atoms with Gasteiger partial charge >= 0.3 is 0 Å². The van der Waals surface area contributed by atoms with Crippen molar-refractivity contribution in [2.45, 2.75) is 57.7 Å². The first-order valence-corrected chi connectivity index (χ1v) is 10.1. The minimum atomic E-state index is 0.139. The van der Waals surface area contributed by atoms with E-state index in [0.717, 1.165) is 36.3 Å². The number of benzene rings is 2. The molecule has 2 aliphatic heterocycles. The second-order valence-electron chi connectivity index (χ2n) is 8.11. The van der Waals surface area contributed by atoms with Crippen molar-refractivity contribution in [3.8, 4) is 5.75 Å². The highest BCUT2D eigenvalue weighted by Gasteiger charge is 2.40. The van der Waals surface area contributed by atoms with Crippen molar-refractivity contribution in [2.75, 3.05) is 7.11 Å². The van der Waals surface area contributed by atoms with Gasteiger partial charge in [-0.25, -0.2) is 0 Å². The van der Waals surface area contributed by atoms with Gasteiger partial charge in [-0.3, -0.25) is 9.69 Å². The van der Waals surface area contributed by atoms with E-state index < -0.39 is 0 Å². The molecule has 27 heavy (non-hydrogen) atoms. The van der Waals surface area contributed by atoms with Crippen molar-refractivity contribution in [1.29, 1.82) is 0 Å². The molecular weight excluding hydrogens is 334 g/mol. The van der Waals surface area contributed by atoms with Crippen LogP contribution in [0.4, 0.5) is 0 Å². The van der Waals surface area contributed by atoms with E-state index in [1.54, 1.807) is 7.11 Å². The Labute approximate surface area is 162 Å². The quantitative estimate of drug-likeness (QED) is 0.699. The summed E-state index contributed by atoms with van der Waals surface area (Å²) in [6.45, 7) is 3.02. The first kappa shape index (κ1) is 18.2. The number of carbonyl (C=O) groups excluding carboxylic acids is 1. The average Bonchev–Trinajstić information content (AvgIpc) is 2.68. The van der Waals surface area contributed by atoms with E-state index in [1.165, 1.54) is 24.8 Å². The molecule has 0 radical (unpaired) electrons. The molecule has 0 aromatic heterocycles. The molecule has 0 amide bonds. The molecule has 4 rings (SSSR count). The molecule has 2 aromatic rings. The molecule has 2 bridgehead atoms. The smallest absolute Gasteiger partial charge is 0.166 e. The maximum absolute atomic E-state index is 13.2. The third-order valence-electron chi connectivity index (χ3n) is 6.40. The molecule has 0 aliphatic carbocycles. The zero-order chi connectivity index (χ0) is 18.8. The summed E-state index contributed by atoms with van der Waals surface area (Å²) >= 11 is 0. The Kier molecular flexibility index (Phi) is 5.31. The summed E-state index contributed by atoms with van der Waals surface area (Å²) in [5, 5.41) is 0. The van der Waals surface area contributed by atoms with Crippen LogP contribution in [0.5, 0.6) is 5.75 Å². The van der Waals surface area contributed by atoms with Gasteiger partial charge in [-0.2, -0.15) is 0 Å². The van der Waals surface area contributed by atoms with Gasteiger partial charge in [0.05, 0.1) is 7.11 Å². The molecule has 2 heterocycles. The lowest BCUT2D eigenvalue weighted by Gasteiger charge is -2.48. The van der Waals surface area contributed by atoms with Crippen LogP contribution in [-0.4, -0.2) is 29.9 Å². The zero-order valence-corrected chi connectivity index (χ0v) is 16.4. The van der Waals surface area contributed by atoms with Crippen molar-refractivity contribution >= 4 is 5.78 Å². The summed E-state index contributed by atoms with van der Waals surface area (Å²) in [4.78, 5) is 15.9. The fourth-order valence-corrected chi connectivity index (χ4v) is 4.95. The van der Waals surface area contributed by atoms with Crippen molar-refractivity contribution in [3.63, 3.8) is 0 Å². The number of carbonyl (C=O) groups is 1. The number of rotatable bonds is 5. The number of ether oxygens (including phenoxy) is 1. The van der Waals surface area contributed by atoms with Gasteiger partial charge in [0.1, 0.15) is 5.75 Å². The summed E-state index contributed by atoms with van der Waals surface area (Å²) in [5.41, 5.74) is 3.25. The average molecular weight is 364 g/mol. The van der Waals surface area contributed by atoms with Crippen LogP contribution in [0.1, 0.15) is 53.6 Å². The largest absolute Gasteiger partial charge is 0.496 e. The third-order valence-corrected chi connectivity index (χ3v) is 6.40. The van der Waals surface area contributed by atoms with Gasteiger partial charge in [0.25, 0.3) is 0 Å². The number of nitrogens with zero attached hydrogens (tertiary/aromatic N) is 1. The molecule has 2 aromatic carbocycles. The lowest BCUT2D eigenvalue weighted by molar-refractivity contribution is 0.00905. The van der Waals surface area contributed by atoms with Gasteiger partial charge in [-0.1, -0.05) is 48.9 Å². The maximum atomic E-state index is 13.2. The molecule has 2 atom stereocenters. The number of ketones is 1. The fraction of sp³-hybridized carbons (Fsp3) is 0.458. The summed E-state index contributed by atoms with van der Waals surface area (Å²) in [7, 11) is 1.67. The molecule has 2 fully saturated rings. The molecule has 0 spiro atoms. The van der Waals surface area contributed by atoms with Gasteiger partial charge in [0.2, 0.25) is 0 Å². The van der Waals surface area contributed by atoms with E-state index in [-0.39, 0.29) is 5.92 Å². The van der Waals surface area contributed by atoms with Crippen molar-refractivity contribution < 1.29 is 9.53 Å². The Morgan fingerprint density at radius 3 is 2.44 bits per heavy atom. The molecule has 142 valence electrons. The lowest BCUT2D eigenvalue weighted by atomic mass is 9.75. The molecule has 0 saturated carbocycles. The minimum Gasteiger partial charge on any atom is -0.496 e. The van der Waals surface area contributed by atoms with E-state index in [2.05, 4.69) is 35.2 Å². The van der Waals surface area contributed by atoms with Crippen LogP contribution in [0.3, 0.4) is 0 Å². The SMILES string of the molecule is COc1cc(C(=O)C2CC3CCCC(C2)N3Cc2ccccc2)ccc1C. The summed E-state index contributed by atoms with van der Waals surface area (Å²) in [5.74, 6) is 1.24. The van der Waals surface area contributed by atoms with Crippen LogP contribution in [0.25, 0.3) is 0 Å². The van der Waals surface area contributed by atoms with Crippen molar-refractivity contribution in [1.82, 2.24) is 4.90 Å². The molecule has 2 aliphatic rings. The molecule has 0 N–H and O–H groups in total. The van der Waals surface area contributed by atoms with Gasteiger partial charge in [-0.05, 0) is 49.8 Å². The van der Waals surface area contributed by atoms with Gasteiger partial charge in [0.15, 0.2) is 5.78 Å². The number of fused-ring (bicyclic) bond motifs is 2. The van der Waals surface area contributed by atoms with Crippen LogP contribution in [0, 0.1) is 12.8 Å². The normalized spacial score (nSPS) is 25.2. The first-order valence-electron chi connectivity index (χ1n) is 10.1. The Hall–Kier alpha value is -2.13. The second kappa shape index (κ2) is 7.85. The van der Waals surface area contributed by atoms with Gasteiger partial charge in [-0.15, -0.1) is 0 Å². The van der Waals surface area contributed by atoms with Gasteiger partial charge in [0, 0.05) is 30.1 Å². The topological polar surface area (TPSA) is 29.5 Å². The van der Waals surface area contributed by atoms with E-state index in [4.69, 9.17) is 4.74 Å². The first-order chi connectivity index (χ1) is 13.2. The standard InChI is InChI=1S/C24H29NO2/c1-17-11-12-19(15-23(17)27-2)24(26)20-13-21-9-6-10-22(14-20)25(21)16-18-7-4-3-5-8-18/h3-5,7-8,11-12,15,20-22H,6,9-10,13-14,16H2,1-2H3. The number of hydrogen-bond acceptors (Lipinski definition) is 3. The Balaban J connectivity index is 1.50. The predicted molar refractivity (Wildman–Crippen MR) is 108 cm³/mol. The molecule has 2 saturated heterocycles. The number of methoxy groups -OCH3 is 1. The lowest BCUT2D eigenvalue weighted by Crippen LogP contribution is -2.52.